The number of aromatic nitrogens is 1. The maximum atomic E-state index is 13.5. The molecule has 0 radical (unpaired) electrons. The van der Waals surface area contributed by atoms with E-state index in [1.54, 1.807) is 24.5 Å². The summed E-state index contributed by atoms with van der Waals surface area (Å²) in [6, 6.07) is 3.44. The predicted octanol–water partition coefficient (Wildman–Crippen LogP) is 13.0. The zero-order valence-corrected chi connectivity index (χ0v) is 36.9. The van der Waals surface area contributed by atoms with Gasteiger partial charge in [0, 0.05) is 31.0 Å². The summed E-state index contributed by atoms with van der Waals surface area (Å²) < 4.78 is 0. The number of nitrogens with two attached hydrogens (primary N) is 1. The molecule has 7 nitrogen and oxygen atoms in total. The van der Waals surface area contributed by atoms with E-state index in [0.29, 0.717) is 44.3 Å². The van der Waals surface area contributed by atoms with Crippen LogP contribution in [-0.2, 0) is 14.4 Å². The summed E-state index contributed by atoms with van der Waals surface area (Å²) in [5, 5.41) is 5.94. The molecule has 7 heteroatoms. The molecular formula is C53H76N4O3. The van der Waals surface area contributed by atoms with E-state index in [0.717, 1.165) is 83.5 Å². The Hall–Kier alpha value is -5.30. The fourth-order valence-electron chi connectivity index (χ4n) is 5.98. The van der Waals surface area contributed by atoms with Gasteiger partial charge in [0.05, 0.1) is 11.8 Å². The lowest BCUT2D eigenvalue weighted by Gasteiger charge is -2.23. The molecule has 60 heavy (non-hydrogen) atoms. The third-order valence-electron chi connectivity index (χ3n) is 9.32. The molecule has 0 bridgehead atoms. The summed E-state index contributed by atoms with van der Waals surface area (Å²) >= 11 is 0. The van der Waals surface area contributed by atoms with Crippen LogP contribution in [0.4, 0.5) is 5.69 Å². The molecular weight excluding hydrogens is 741 g/mol. The molecule has 0 aliphatic carbocycles. The predicted molar refractivity (Wildman–Crippen MR) is 257 cm³/mol. The van der Waals surface area contributed by atoms with Gasteiger partial charge < -0.3 is 16.4 Å². The summed E-state index contributed by atoms with van der Waals surface area (Å²) in [4.78, 5) is 42.6. The number of rotatable bonds is 35. The maximum Gasteiger partial charge on any atom is 0.228 e. The molecule has 1 heterocycles. The van der Waals surface area contributed by atoms with E-state index in [4.69, 9.17) is 5.73 Å². The van der Waals surface area contributed by atoms with E-state index >= 15 is 0 Å². The van der Waals surface area contributed by atoms with Gasteiger partial charge in [-0.15, -0.1) is 0 Å². The number of hydrogen-bond donors (Lipinski definition) is 3. The Kier molecular flexibility index (Phi) is 35.6. The Morgan fingerprint density at radius 3 is 1.40 bits per heavy atom. The molecule has 2 atom stereocenters. The number of pyridine rings is 1. The van der Waals surface area contributed by atoms with Crippen LogP contribution < -0.4 is 16.4 Å². The van der Waals surface area contributed by atoms with Crippen molar-refractivity contribution in [3.05, 3.63) is 158 Å². The fraction of sp³-hybridized carbons (Fsp3) is 0.434. The van der Waals surface area contributed by atoms with Crippen molar-refractivity contribution in [2.24, 2.45) is 17.6 Å². The van der Waals surface area contributed by atoms with E-state index in [9.17, 15) is 14.4 Å². The Morgan fingerprint density at radius 2 is 0.967 bits per heavy atom. The topological polar surface area (TPSA) is 114 Å². The standard InChI is InChI=1S/C53H76N4O3/c1-3-5-7-9-11-13-15-17-19-21-23-24-26-28-30-32-34-36-40-49(52(54)59)50(53(60)57-48-43-46-55-47-44-48)41-38-39-45-56-51(58)42-37-35-33-31-29-27-25-22-20-18-16-14-12-10-8-6-4-2/h5-8,11-14,17-20,23-25,27-28,30-31,33-34,36,43-44,46-47,49-50H,3-4,9-10,15-16,21-22,26,29,32,35,37-42,45H2,1-2H3,(H2,54,59)(H,56,58)(H,55,57,60)/b7-5?,8-6-,13-11?,14-12-,19-17?,20-18-,24-23?,27-25-,30-28?,33-31-,36-34?/t49?,50-/m0/s1. The van der Waals surface area contributed by atoms with Crippen LogP contribution in [0.25, 0.3) is 0 Å². The maximum absolute atomic E-state index is 13.5. The lowest BCUT2D eigenvalue weighted by atomic mass is 9.84. The summed E-state index contributed by atoms with van der Waals surface area (Å²) in [5.74, 6) is -1.96. The van der Waals surface area contributed by atoms with E-state index in [1.807, 2.05) is 12.2 Å². The molecule has 1 rings (SSSR count). The lowest BCUT2D eigenvalue weighted by Crippen LogP contribution is -2.37. The number of nitrogens with zero attached hydrogens (tertiary/aromatic N) is 1. The number of carbonyl (C=O) groups excluding carboxylic acids is 3. The second kappa shape index (κ2) is 40.5. The largest absolute Gasteiger partial charge is 0.369 e. The van der Waals surface area contributed by atoms with E-state index in [1.165, 1.54) is 0 Å². The van der Waals surface area contributed by atoms with Gasteiger partial charge in [0.1, 0.15) is 0 Å². The van der Waals surface area contributed by atoms with Gasteiger partial charge in [0.25, 0.3) is 0 Å². The minimum absolute atomic E-state index is 0.0296. The third-order valence-corrected chi connectivity index (χ3v) is 9.32. The van der Waals surface area contributed by atoms with Crippen molar-refractivity contribution in [3.63, 3.8) is 0 Å². The average molecular weight is 817 g/mol. The molecule has 1 unspecified atom stereocenters. The highest BCUT2D eigenvalue weighted by atomic mass is 16.2. The summed E-state index contributed by atoms with van der Waals surface area (Å²) in [7, 11) is 0. The Balaban J connectivity index is 2.43. The zero-order chi connectivity index (χ0) is 43.4. The molecule has 326 valence electrons. The molecule has 1 aromatic heterocycles. The quantitative estimate of drug-likeness (QED) is 0.0467. The van der Waals surface area contributed by atoms with Crippen molar-refractivity contribution < 1.29 is 14.4 Å². The van der Waals surface area contributed by atoms with Crippen LogP contribution in [0.15, 0.2) is 158 Å². The molecule has 0 aliphatic heterocycles. The normalized spacial score (nSPS) is 13.8. The third kappa shape index (κ3) is 32.6. The highest BCUT2D eigenvalue weighted by Gasteiger charge is 2.31. The summed E-state index contributed by atoms with van der Waals surface area (Å²) in [5.41, 5.74) is 6.51. The molecule has 0 spiro atoms. The first-order chi connectivity index (χ1) is 29.5. The first-order valence-corrected chi connectivity index (χ1v) is 22.4. The van der Waals surface area contributed by atoms with Gasteiger partial charge in [0.2, 0.25) is 17.7 Å². The van der Waals surface area contributed by atoms with Gasteiger partial charge in [-0.1, -0.05) is 154 Å². The van der Waals surface area contributed by atoms with Crippen LogP contribution in [0, 0.1) is 11.8 Å². The molecule has 3 amide bonds. The number of anilines is 1. The molecule has 0 saturated heterocycles. The van der Waals surface area contributed by atoms with E-state index in [-0.39, 0.29) is 11.8 Å². The highest BCUT2D eigenvalue weighted by molar-refractivity contribution is 5.95. The SMILES string of the molecule is CCC=CCC=CCC=CCC=CCC=CCC=CCC(C(N)=O)[C@H](CCCCNC(=O)CCC/C=C\C/C=C\C/C=C\C/C=C\C/C=C\CC)C(=O)Nc1ccncc1. The van der Waals surface area contributed by atoms with Gasteiger partial charge in [-0.2, -0.15) is 0 Å². The number of hydrogen-bond acceptors (Lipinski definition) is 4. The second-order valence-electron chi connectivity index (χ2n) is 14.4. The Labute approximate surface area is 364 Å². The number of carbonyl (C=O) groups is 3. The van der Waals surface area contributed by atoms with Crippen LogP contribution >= 0.6 is 0 Å². The van der Waals surface area contributed by atoms with Crippen LogP contribution in [0.3, 0.4) is 0 Å². The first-order valence-electron chi connectivity index (χ1n) is 22.4. The number of nitrogens with one attached hydrogen (secondary N) is 2. The fourth-order valence-corrected chi connectivity index (χ4v) is 5.98. The van der Waals surface area contributed by atoms with Crippen LogP contribution in [-0.4, -0.2) is 29.3 Å². The van der Waals surface area contributed by atoms with Gasteiger partial charge >= 0.3 is 0 Å². The Bertz CT molecular complexity index is 1590. The van der Waals surface area contributed by atoms with Crippen LogP contribution in [0.5, 0.6) is 0 Å². The van der Waals surface area contributed by atoms with Crippen LogP contribution in [0.1, 0.15) is 129 Å². The van der Waals surface area contributed by atoms with Crippen molar-refractivity contribution in [2.75, 3.05) is 11.9 Å². The number of allylic oxidation sites excluding steroid dienone is 22. The second-order valence-corrected chi connectivity index (χ2v) is 14.4. The van der Waals surface area contributed by atoms with Crippen molar-refractivity contribution in [2.45, 2.75) is 129 Å². The van der Waals surface area contributed by atoms with Gasteiger partial charge in [-0.25, -0.2) is 0 Å². The smallest absolute Gasteiger partial charge is 0.228 e. The van der Waals surface area contributed by atoms with Crippen molar-refractivity contribution in [3.8, 4) is 0 Å². The van der Waals surface area contributed by atoms with Crippen LogP contribution in [0.2, 0.25) is 0 Å². The molecule has 0 saturated carbocycles. The molecule has 1 aromatic rings. The van der Waals surface area contributed by atoms with Gasteiger partial charge in [0.15, 0.2) is 0 Å². The molecule has 4 N–H and O–H groups in total. The first kappa shape index (κ1) is 52.7. The van der Waals surface area contributed by atoms with Crippen molar-refractivity contribution in [1.29, 1.82) is 0 Å². The van der Waals surface area contributed by atoms with Crippen molar-refractivity contribution >= 4 is 23.4 Å². The Morgan fingerprint density at radius 1 is 0.550 bits per heavy atom. The average Bonchev–Trinajstić information content (AvgIpc) is 3.24. The van der Waals surface area contributed by atoms with Gasteiger partial charge in [-0.3, -0.25) is 19.4 Å². The number of primary amides is 1. The highest BCUT2D eigenvalue weighted by Crippen LogP contribution is 2.25. The molecule has 0 aliphatic rings. The minimum atomic E-state index is -0.651. The van der Waals surface area contributed by atoms with E-state index in [2.05, 4.69) is 151 Å². The molecule has 0 aromatic carbocycles. The molecule has 0 fully saturated rings. The zero-order valence-electron chi connectivity index (χ0n) is 36.9. The lowest BCUT2D eigenvalue weighted by molar-refractivity contribution is -0.130. The summed E-state index contributed by atoms with van der Waals surface area (Å²) in [6.45, 7) is 4.81. The van der Waals surface area contributed by atoms with Crippen molar-refractivity contribution in [1.82, 2.24) is 10.3 Å². The number of amides is 3. The number of unbranched alkanes of at least 4 members (excludes halogenated alkanes) is 2. The van der Waals surface area contributed by atoms with Gasteiger partial charge in [-0.05, 0) is 115 Å². The monoisotopic (exact) mass is 817 g/mol. The summed E-state index contributed by atoms with van der Waals surface area (Å²) in [6.07, 6.45) is 65.5. The van der Waals surface area contributed by atoms with E-state index < -0.39 is 17.7 Å². The minimum Gasteiger partial charge on any atom is -0.369 e.